The molecule has 0 N–H and O–H groups in total. The minimum atomic E-state index is -5.04. The van der Waals surface area contributed by atoms with E-state index >= 15 is 0 Å². The van der Waals surface area contributed by atoms with E-state index in [4.69, 9.17) is 17.9 Å². The van der Waals surface area contributed by atoms with Crippen molar-refractivity contribution in [2.75, 3.05) is 0 Å². The predicted molar refractivity (Wildman–Crippen MR) is 68.3 cm³/mol. The number of thiophene rings is 1. The van der Waals surface area contributed by atoms with Crippen LogP contribution in [-0.2, 0) is 12.6 Å². The van der Waals surface area contributed by atoms with E-state index in [1.807, 2.05) is 0 Å². The molecule has 0 unspecified atom stereocenters. The zero-order valence-electron chi connectivity index (χ0n) is 9.56. The van der Waals surface area contributed by atoms with Crippen molar-refractivity contribution in [2.45, 2.75) is 11.2 Å². The third-order valence-corrected chi connectivity index (χ3v) is 3.55. The Morgan fingerprint density at radius 1 is 1.45 bits per heavy atom. The highest BCUT2D eigenvalue weighted by atomic mass is 32.1. The Balaban J connectivity index is 2.71. The highest BCUT2D eigenvalue weighted by Gasteiger charge is 2.41. The third kappa shape index (κ3) is 2.64. The SMILES string of the molecule is N#Cc1cc(C(=O)C(F)(F)F)c(-c2cccs2)nc1[S-]. The monoisotopic (exact) mass is 313 g/mol. The summed E-state index contributed by atoms with van der Waals surface area (Å²) in [6.45, 7) is 0. The molecule has 0 aliphatic carbocycles. The van der Waals surface area contributed by atoms with Crippen LogP contribution >= 0.6 is 11.3 Å². The van der Waals surface area contributed by atoms with E-state index in [2.05, 4.69) is 4.98 Å². The van der Waals surface area contributed by atoms with Crippen LogP contribution in [0.2, 0.25) is 0 Å². The molecule has 20 heavy (non-hydrogen) atoms. The zero-order valence-corrected chi connectivity index (χ0v) is 11.2. The number of rotatable bonds is 2. The van der Waals surface area contributed by atoms with Crippen LogP contribution in [0, 0.1) is 11.3 Å². The number of alkyl halides is 3. The van der Waals surface area contributed by atoms with Crippen molar-refractivity contribution < 1.29 is 18.0 Å². The van der Waals surface area contributed by atoms with Gasteiger partial charge in [-0.05, 0) is 17.5 Å². The van der Waals surface area contributed by atoms with Crippen LogP contribution in [0.5, 0.6) is 0 Å². The van der Waals surface area contributed by atoms with Gasteiger partial charge in [-0.1, -0.05) is 11.1 Å². The van der Waals surface area contributed by atoms with Crippen LogP contribution in [0.3, 0.4) is 0 Å². The molecule has 0 atom stereocenters. The van der Waals surface area contributed by atoms with E-state index in [0.717, 1.165) is 17.4 Å². The molecule has 2 aromatic heterocycles. The van der Waals surface area contributed by atoms with Crippen LogP contribution in [0.4, 0.5) is 13.2 Å². The van der Waals surface area contributed by atoms with Gasteiger partial charge in [-0.3, -0.25) is 9.78 Å². The molecule has 0 bridgehead atoms. The molecule has 0 aliphatic heterocycles. The second kappa shape index (κ2) is 5.19. The van der Waals surface area contributed by atoms with Crippen LogP contribution in [0.25, 0.3) is 10.6 Å². The number of pyridine rings is 1. The topological polar surface area (TPSA) is 53.8 Å². The first-order valence-corrected chi connectivity index (χ1v) is 6.41. The standard InChI is InChI=1S/C12H5F3N2OS2/c13-12(14,15)10(18)7-4-6(5-16)11(19)17-9(7)8-2-1-3-20-8/h1-4H,(H,17,19)/p-1. The first-order chi connectivity index (χ1) is 9.34. The average Bonchev–Trinajstić information content (AvgIpc) is 2.90. The number of carbonyl (C=O) groups excluding carboxylic acids is 1. The first kappa shape index (κ1) is 14.4. The minimum absolute atomic E-state index is 0.130. The molecule has 0 fully saturated rings. The van der Waals surface area contributed by atoms with Crippen molar-refractivity contribution in [2.24, 2.45) is 0 Å². The molecule has 2 rings (SSSR count). The lowest BCUT2D eigenvalue weighted by Gasteiger charge is -2.14. The average molecular weight is 313 g/mol. The molecule has 102 valence electrons. The summed E-state index contributed by atoms with van der Waals surface area (Å²) in [4.78, 5) is 15.6. The number of aromatic nitrogens is 1. The first-order valence-electron chi connectivity index (χ1n) is 5.12. The van der Waals surface area contributed by atoms with Gasteiger partial charge in [-0.25, -0.2) is 0 Å². The molecule has 3 nitrogen and oxygen atoms in total. The lowest BCUT2D eigenvalue weighted by atomic mass is 10.1. The number of Topliss-reactive ketones (excluding diaryl/α,β-unsaturated/α-hetero) is 1. The van der Waals surface area contributed by atoms with Gasteiger partial charge in [0.2, 0.25) is 0 Å². The number of ketones is 1. The van der Waals surface area contributed by atoms with E-state index in [0.29, 0.717) is 4.88 Å². The predicted octanol–water partition coefficient (Wildman–Crippen LogP) is 3.33. The zero-order chi connectivity index (χ0) is 14.9. The maximum atomic E-state index is 12.6. The summed E-state index contributed by atoms with van der Waals surface area (Å²) in [5, 5.41) is 10.3. The second-order valence-electron chi connectivity index (χ2n) is 3.65. The Hall–Kier alpha value is -1.98. The van der Waals surface area contributed by atoms with Crippen molar-refractivity contribution in [1.82, 2.24) is 4.98 Å². The van der Waals surface area contributed by atoms with E-state index in [1.165, 1.54) is 6.07 Å². The Morgan fingerprint density at radius 3 is 2.65 bits per heavy atom. The third-order valence-electron chi connectivity index (χ3n) is 2.36. The molecular weight excluding hydrogens is 309 g/mol. The number of nitrogens with zero attached hydrogens (tertiary/aromatic N) is 2. The smallest absolute Gasteiger partial charge is 0.454 e. The normalized spacial score (nSPS) is 11.1. The van der Waals surface area contributed by atoms with Crippen LogP contribution in [0.1, 0.15) is 15.9 Å². The van der Waals surface area contributed by atoms with Gasteiger partial charge in [0.1, 0.15) is 0 Å². The highest BCUT2D eigenvalue weighted by Crippen LogP contribution is 2.32. The van der Waals surface area contributed by atoms with Crippen molar-refractivity contribution in [3.05, 3.63) is 34.7 Å². The van der Waals surface area contributed by atoms with Crippen molar-refractivity contribution in [3.8, 4) is 16.6 Å². The van der Waals surface area contributed by atoms with Crippen LogP contribution < -0.4 is 0 Å². The Morgan fingerprint density at radius 2 is 2.15 bits per heavy atom. The number of hydrogen-bond donors (Lipinski definition) is 0. The fourth-order valence-corrected chi connectivity index (χ4v) is 2.43. The maximum absolute atomic E-state index is 12.6. The number of halogens is 3. The van der Waals surface area contributed by atoms with Crippen molar-refractivity contribution >= 4 is 29.7 Å². The Kier molecular flexibility index (Phi) is 3.74. The minimum Gasteiger partial charge on any atom is -0.759 e. The van der Waals surface area contributed by atoms with E-state index in [1.54, 1.807) is 17.5 Å². The summed E-state index contributed by atoms with van der Waals surface area (Å²) in [5.41, 5.74) is -1.04. The van der Waals surface area contributed by atoms with Crippen molar-refractivity contribution in [1.29, 1.82) is 5.26 Å². The van der Waals surface area contributed by atoms with Gasteiger partial charge >= 0.3 is 6.18 Å². The highest BCUT2D eigenvalue weighted by molar-refractivity contribution is 7.58. The summed E-state index contributed by atoms with van der Waals surface area (Å²) in [5.74, 6) is -2.04. The summed E-state index contributed by atoms with van der Waals surface area (Å²) in [6.07, 6.45) is -5.04. The van der Waals surface area contributed by atoms with Gasteiger partial charge in [0, 0.05) is 0 Å². The van der Waals surface area contributed by atoms with Gasteiger partial charge in [0.15, 0.2) is 0 Å². The lowest BCUT2D eigenvalue weighted by Crippen LogP contribution is -2.24. The van der Waals surface area contributed by atoms with E-state index in [9.17, 15) is 18.0 Å². The molecule has 0 spiro atoms. The summed E-state index contributed by atoms with van der Waals surface area (Å²) < 4.78 is 37.8. The molecular formula is C12H4F3N2OS2-. The fraction of sp³-hybridized carbons (Fsp3) is 0.0833. The second-order valence-corrected chi connectivity index (χ2v) is 4.99. The van der Waals surface area contributed by atoms with Gasteiger partial charge in [-0.15, -0.1) is 11.3 Å². The van der Waals surface area contributed by atoms with Gasteiger partial charge in [-0.2, -0.15) is 18.4 Å². The molecule has 0 aromatic carbocycles. The lowest BCUT2D eigenvalue weighted by molar-refractivity contribution is -0.0885. The van der Waals surface area contributed by atoms with Crippen LogP contribution in [0.15, 0.2) is 28.6 Å². The quantitative estimate of drug-likeness (QED) is 0.630. The molecule has 0 saturated heterocycles. The van der Waals surface area contributed by atoms with E-state index in [-0.39, 0.29) is 16.3 Å². The summed E-state index contributed by atoms with van der Waals surface area (Å²) in [6, 6.07) is 5.62. The van der Waals surface area contributed by atoms with Gasteiger partial charge < -0.3 is 12.6 Å². The maximum Gasteiger partial charge on any atom is 0.454 e. The Labute approximate surface area is 121 Å². The number of nitriles is 1. The molecule has 0 saturated carbocycles. The molecule has 2 heterocycles. The number of hydrogen-bond acceptors (Lipinski definition) is 5. The molecule has 8 heteroatoms. The summed E-state index contributed by atoms with van der Waals surface area (Å²) in [7, 11) is 0. The molecule has 0 aliphatic rings. The van der Waals surface area contributed by atoms with Crippen molar-refractivity contribution in [3.63, 3.8) is 0 Å². The fourth-order valence-electron chi connectivity index (χ4n) is 1.50. The Bertz CT molecular complexity index is 703. The molecule has 2 aromatic rings. The van der Waals surface area contributed by atoms with Gasteiger partial charge in [0.05, 0.1) is 27.8 Å². The van der Waals surface area contributed by atoms with E-state index < -0.39 is 17.5 Å². The number of carbonyl (C=O) groups is 1. The van der Waals surface area contributed by atoms with Crippen LogP contribution in [-0.4, -0.2) is 16.9 Å². The largest absolute Gasteiger partial charge is 0.759 e. The van der Waals surface area contributed by atoms with Gasteiger partial charge in [0.25, 0.3) is 5.78 Å². The summed E-state index contributed by atoms with van der Waals surface area (Å²) >= 11 is 5.96. The molecule has 0 amide bonds. The molecule has 0 radical (unpaired) electrons.